The molecule has 0 aliphatic carbocycles. The van der Waals surface area contributed by atoms with Crippen LogP contribution in [-0.2, 0) is 13.1 Å². The maximum Gasteiger partial charge on any atom is 0.287 e. The highest BCUT2D eigenvalue weighted by molar-refractivity contribution is 8.00. The molecule has 0 atom stereocenters. The van der Waals surface area contributed by atoms with Crippen LogP contribution in [0.15, 0.2) is 121 Å². The van der Waals surface area contributed by atoms with Gasteiger partial charge in [0, 0.05) is 62.1 Å². The number of nitrogens with one attached hydrogen (secondary N) is 1. The van der Waals surface area contributed by atoms with Crippen LogP contribution in [0.3, 0.4) is 0 Å². The summed E-state index contributed by atoms with van der Waals surface area (Å²) in [5, 5.41) is 3.86. The summed E-state index contributed by atoms with van der Waals surface area (Å²) in [6.45, 7) is 69.7. The van der Waals surface area contributed by atoms with Crippen LogP contribution in [0.5, 0.6) is 46.0 Å². The van der Waals surface area contributed by atoms with E-state index in [0.717, 1.165) is 213 Å². The predicted octanol–water partition coefficient (Wildman–Crippen LogP) is 29.5. The number of hydrogen-bond donors (Lipinski definition) is 1. The Labute approximate surface area is 897 Å². The van der Waals surface area contributed by atoms with Crippen LogP contribution in [0.2, 0.25) is 0 Å². The molecule has 0 spiro atoms. The molecule has 18 rings (SSSR count). The molecule has 25 nitrogen and oxygen atoms in total. The number of hydrogen-bond acceptors (Lipinski definition) is 24. The van der Waals surface area contributed by atoms with Crippen molar-refractivity contribution in [3.63, 3.8) is 0 Å². The van der Waals surface area contributed by atoms with Crippen LogP contribution in [-0.4, -0.2) is 208 Å². The molecule has 0 saturated heterocycles. The van der Waals surface area contributed by atoms with Gasteiger partial charge in [-0.3, -0.25) is 0 Å². The molecular formula is C120H161N16O9S4+. The van der Waals surface area contributed by atoms with Crippen molar-refractivity contribution in [2.45, 2.75) is 250 Å². The molecule has 798 valence electrons. The molecule has 3 aliphatic rings. The van der Waals surface area contributed by atoms with Crippen molar-refractivity contribution in [3.8, 4) is 68.8 Å². The van der Waals surface area contributed by atoms with E-state index in [0.29, 0.717) is 214 Å². The van der Waals surface area contributed by atoms with Crippen LogP contribution < -0.4 is 52.3 Å². The Hall–Kier alpha value is -10.5. The van der Waals surface area contributed by atoms with Crippen LogP contribution >= 0.6 is 46.2 Å². The van der Waals surface area contributed by atoms with Crippen molar-refractivity contribution in [1.29, 1.82) is 0 Å². The highest BCUT2D eigenvalue weighted by Crippen LogP contribution is 2.65. The van der Waals surface area contributed by atoms with Crippen molar-refractivity contribution < 1.29 is 47.1 Å². The lowest BCUT2D eigenvalue weighted by atomic mass is 10.0. The first-order chi connectivity index (χ1) is 72.2. The predicted molar refractivity (Wildman–Crippen MR) is 621 cm³/mol. The lowest BCUT2D eigenvalue weighted by molar-refractivity contribution is -0.717. The van der Waals surface area contributed by atoms with E-state index in [2.05, 4.69) is 307 Å². The van der Waals surface area contributed by atoms with E-state index >= 15 is 0 Å². The van der Waals surface area contributed by atoms with Gasteiger partial charge in [0.25, 0.3) is 16.9 Å². The zero-order chi connectivity index (χ0) is 105. The fourth-order valence-electron chi connectivity index (χ4n) is 20.5. The Kier molecular flexibility index (Phi) is 35.0. The molecule has 15 aromatic rings. The third kappa shape index (κ3) is 22.2. The molecule has 29 heteroatoms. The number of anilines is 4. The van der Waals surface area contributed by atoms with E-state index in [1.54, 1.807) is 46.2 Å². The van der Waals surface area contributed by atoms with E-state index in [-0.39, 0.29) is 47.3 Å². The lowest BCUT2D eigenvalue weighted by Gasteiger charge is -2.37. The van der Waals surface area contributed by atoms with Gasteiger partial charge in [0.05, 0.1) is 131 Å². The summed E-state index contributed by atoms with van der Waals surface area (Å²) >= 11 is 6.87. The summed E-state index contributed by atoms with van der Waals surface area (Å²) in [6.07, 6.45) is 5.93. The third-order valence-corrected chi connectivity index (χ3v) is 34.2. The van der Waals surface area contributed by atoms with Gasteiger partial charge in [0.15, 0.2) is 46.1 Å². The molecule has 3 aliphatic heterocycles. The lowest BCUT2D eigenvalue weighted by Crippen LogP contribution is -2.34. The molecule has 6 bridgehead atoms. The molecule has 8 aromatic carbocycles. The second-order valence-electron chi connectivity index (χ2n) is 43.6. The number of likely N-dealkylation sites (N-methyl/N-ethyl adjacent to an activating group) is 4. The van der Waals surface area contributed by atoms with Gasteiger partial charge in [0.2, 0.25) is 11.3 Å². The van der Waals surface area contributed by atoms with Crippen LogP contribution in [0.4, 0.5) is 22.7 Å². The van der Waals surface area contributed by atoms with Gasteiger partial charge in [0.1, 0.15) is 55.7 Å². The van der Waals surface area contributed by atoms with Crippen molar-refractivity contribution in [2.24, 2.45) is 47.3 Å². The average Bonchev–Trinajstić information content (AvgIpc) is 1.51. The van der Waals surface area contributed by atoms with Gasteiger partial charge < -0.3 is 81.4 Å². The Morgan fingerprint density at radius 3 is 1.11 bits per heavy atom. The van der Waals surface area contributed by atoms with E-state index in [4.69, 9.17) is 67.4 Å². The number of nitrogens with zero attached hydrogens (tertiary/aromatic N) is 15. The Morgan fingerprint density at radius 1 is 0.329 bits per heavy atom. The molecule has 0 amide bonds. The Bertz CT molecular complexity index is 7430. The van der Waals surface area contributed by atoms with Crippen molar-refractivity contribution in [2.75, 3.05) is 154 Å². The third-order valence-electron chi connectivity index (χ3n) is 29.6. The number of benzene rings is 8. The van der Waals surface area contributed by atoms with Gasteiger partial charge in [-0.15, -0.1) is 27.7 Å². The van der Waals surface area contributed by atoms with Crippen molar-refractivity contribution in [3.05, 3.63) is 97.1 Å². The fourth-order valence-corrected chi connectivity index (χ4v) is 25.3. The molecule has 7 aromatic heterocycles. The maximum absolute atomic E-state index is 8.63. The summed E-state index contributed by atoms with van der Waals surface area (Å²) in [4.78, 5) is 55.6. The quantitative estimate of drug-likeness (QED) is 0.0278. The van der Waals surface area contributed by atoms with Crippen LogP contribution in [0, 0.1) is 47.3 Å². The topological polar surface area (TPSA) is 205 Å². The average molecular weight is 2100 g/mol. The summed E-state index contributed by atoms with van der Waals surface area (Å²) in [7, 11) is 0. The maximum atomic E-state index is 8.63. The largest absolute Gasteiger partial charge is 0.492 e. The Balaban J connectivity index is 1.18. The molecule has 149 heavy (non-hydrogen) atoms. The fraction of sp³-hybridized carbons (Fsp3) is 0.533. The minimum Gasteiger partial charge on any atom is -0.492 e. The monoisotopic (exact) mass is 2100 g/mol. The minimum atomic E-state index is 0.258. The SMILES string of the molecule is CCN(CC)CCN1c2ccccc2Sc2c(OCCC(C)C)c3c(c(OCCC(C)C)c21)-c1nc-3nc2[nH]c(nc3c4c(OCCC(C)C)c5c(sc6ccccc6n5CCN(CC)CC)c(OCCC(C)C)c4c4nc5c6c(OCCC(C)C)c7c(sc8ccccc8n7CCN(CC)CC)c(OCCC(C)C)c6c(n1)n5o[n+]43)c1c(OCCC(C)C)c3c(c(OCCC(C)C)c21)N(CCN(CC)CC)c1ccccc1S3. The van der Waals surface area contributed by atoms with E-state index < -0.39 is 0 Å². The molecule has 0 fully saturated rings. The van der Waals surface area contributed by atoms with Crippen molar-refractivity contribution >= 4 is 176 Å². The summed E-state index contributed by atoms with van der Waals surface area (Å²) in [5.41, 5.74) is 11.4. The number of rotatable bonds is 52. The smallest absolute Gasteiger partial charge is 0.287 e. The normalized spacial score (nSPS) is 13.1. The van der Waals surface area contributed by atoms with E-state index in [1.165, 1.54) is 0 Å². The van der Waals surface area contributed by atoms with E-state index in [9.17, 15) is 0 Å². The molecule has 1 N–H and O–H groups in total. The molecule has 0 saturated carbocycles. The van der Waals surface area contributed by atoms with Gasteiger partial charge in [-0.1, -0.05) is 243 Å². The minimum absolute atomic E-state index is 0.258. The summed E-state index contributed by atoms with van der Waals surface area (Å²) in [5.74, 6) is 7.73. The summed E-state index contributed by atoms with van der Waals surface area (Å²) in [6, 6.07) is 35.4. The highest BCUT2D eigenvalue weighted by atomic mass is 32.2. The second-order valence-corrected chi connectivity index (χ2v) is 47.8. The Morgan fingerprint density at radius 2 is 0.658 bits per heavy atom. The summed E-state index contributed by atoms with van der Waals surface area (Å²) < 4.78 is 85.2. The second kappa shape index (κ2) is 48.2. The van der Waals surface area contributed by atoms with E-state index in [1.807, 2.05) is 9.15 Å². The first kappa shape index (κ1) is 108. The molecule has 0 unspecified atom stereocenters. The molecule has 0 radical (unpaired) electrons. The van der Waals surface area contributed by atoms with Gasteiger partial charge in [-0.2, -0.15) is 9.61 Å². The van der Waals surface area contributed by atoms with Crippen molar-refractivity contribution in [1.82, 2.24) is 63.2 Å². The van der Waals surface area contributed by atoms with Crippen LogP contribution in [0.25, 0.3) is 130 Å². The van der Waals surface area contributed by atoms with Crippen LogP contribution in [0.1, 0.15) is 218 Å². The zero-order valence-electron chi connectivity index (χ0n) is 93.0. The van der Waals surface area contributed by atoms with Gasteiger partial charge >= 0.3 is 0 Å². The first-order valence-corrected chi connectivity index (χ1v) is 59.2. The number of fused-ring (bicyclic) bond motifs is 24. The number of para-hydroxylation sites is 4. The number of ether oxygens (including phenoxy) is 8. The number of aromatic nitrogens is 10. The zero-order valence-corrected chi connectivity index (χ0v) is 96.3. The van der Waals surface area contributed by atoms with Gasteiger partial charge in [-0.05, 0) is 209 Å². The molecule has 10 heterocycles. The van der Waals surface area contributed by atoms with Gasteiger partial charge in [-0.25, -0.2) is 9.97 Å². The number of H-pyrrole nitrogens is 1. The first-order valence-electron chi connectivity index (χ1n) is 55.9. The standard InChI is InChI=1S/C120H160N16O9S4/c1-25-127(26-2)57-61-131-81-41-33-38-46-86(81)147-110-97(131)101(137-65-49-73(9)10)89-92(106(110)142-70-54-78(19)20)116-122-113(89)121-114-91-90(102(138-66-50-74(11)12)98-109(105(91)141-69-53-77(17)18)146-85-45-37-34-42-82(85)132(98)62-58-128(27-3)28-4)115(123-114)124-118-95-94(104(140-68-52-76(15)16)100-111(107(95)143-71-55-79(21)22)148-87-47-39-36-44-84(87)134(100)64-60-130(31-7)32-8)119-126-120-96-93(117(125-116)135(120)145-136(118)119)103(139-67-51-75(13)14)99-112(108(96)144-72-56-80(23)24)149-88-48-40-35-43-83(88)133(99)63-59-129(29-5)30-6/h33-48,73-80H,25-32,49-72H2,1-24H3/p+1. The highest BCUT2D eigenvalue weighted by Gasteiger charge is 2.45. The number of aromatic amines is 1. The molecular weight excluding hydrogens is 1940 g/mol.